The molecule has 0 saturated carbocycles. The summed E-state index contributed by atoms with van der Waals surface area (Å²) in [6.45, 7) is 16.6. The molecule has 0 amide bonds. The van der Waals surface area contributed by atoms with E-state index in [9.17, 15) is 0 Å². The van der Waals surface area contributed by atoms with Crippen LogP contribution in [-0.2, 0) is 4.74 Å². The van der Waals surface area contributed by atoms with Crippen LogP contribution in [0.25, 0.3) is 0 Å². The first-order valence-corrected chi connectivity index (χ1v) is 9.62. The Morgan fingerprint density at radius 2 is 2.08 bits per heavy atom. The molecule has 1 aromatic heterocycles. The van der Waals surface area contributed by atoms with Crippen LogP contribution in [0.3, 0.4) is 0 Å². The highest BCUT2D eigenvalue weighted by Gasteiger charge is 2.07. The largest absolute Gasteiger partial charge is 0.502 e. The highest BCUT2D eigenvalue weighted by molar-refractivity contribution is 7.13. The van der Waals surface area contributed by atoms with E-state index in [1.54, 1.807) is 18.4 Å². The summed E-state index contributed by atoms with van der Waals surface area (Å²) in [6, 6.07) is 0.359. The van der Waals surface area contributed by atoms with Crippen LogP contribution in [0.5, 0.6) is 0 Å². The van der Waals surface area contributed by atoms with Crippen molar-refractivity contribution in [3.05, 3.63) is 47.7 Å². The lowest BCUT2D eigenvalue weighted by Crippen LogP contribution is -2.09. The summed E-state index contributed by atoms with van der Waals surface area (Å²) in [5.41, 5.74) is 1.75. The van der Waals surface area contributed by atoms with Gasteiger partial charge in [-0.3, -0.25) is 4.99 Å². The molecular formula is C20H33N3OS. The standard InChI is InChI=1S/C18H27N3OS.C2H6/c1-7-14(4)8-9-16(19-11-10-15(5)22-6)17-12-23-18(21-17)20-13(2)3;1-2/h7-10,12-14H,1,11H2,2-6H3,(H,20,21);1-2H3/b9-8-,15-10+,19-16?;. The van der Waals surface area contributed by atoms with Crippen LogP contribution in [-0.4, -0.2) is 30.4 Å². The van der Waals surface area contributed by atoms with Crippen LogP contribution < -0.4 is 5.32 Å². The second-order valence-corrected chi connectivity index (χ2v) is 6.39. The van der Waals surface area contributed by atoms with Crippen LogP contribution in [0.1, 0.15) is 47.2 Å². The first kappa shape index (κ1) is 23.1. The van der Waals surface area contributed by atoms with Gasteiger partial charge in [-0.25, -0.2) is 4.98 Å². The molecule has 0 radical (unpaired) electrons. The van der Waals surface area contributed by atoms with Crippen molar-refractivity contribution < 1.29 is 4.74 Å². The van der Waals surface area contributed by atoms with Gasteiger partial charge in [0.15, 0.2) is 5.13 Å². The minimum Gasteiger partial charge on any atom is -0.502 e. The van der Waals surface area contributed by atoms with Crippen molar-refractivity contribution >= 4 is 22.2 Å². The molecule has 140 valence electrons. The zero-order chi connectivity index (χ0) is 19.2. The number of anilines is 1. The summed E-state index contributed by atoms with van der Waals surface area (Å²) in [7, 11) is 1.66. The van der Waals surface area contributed by atoms with Gasteiger partial charge >= 0.3 is 0 Å². The summed E-state index contributed by atoms with van der Waals surface area (Å²) >= 11 is 1.59. The second-order valence-electron chi connectivity index (χ2n) is 5.54. The molecule has 1 aromatic rings. The molecule has 0 aliphatic carbocycles. The topological polar surface area (TPSA) is 46.5 Å². The Bertz CT molecular complexity index is 586. The van der Waals surface area contributed by atoms with Gasteiger partial charge in [0.2, 0.25) is 0 Å². The van der Waals surface area contributed by atoms with Gasteiger partial charge in [-0.1, -0.05) is 32.9 Å². The van der Waals surface area contributed by atoms with Crippen molar-refractivity contribution in [2.24, 2.45) is 10.9 Å². The summed E-state index contributed by atoms with van der Waals surface area (Å²) < 4.78 is 5.14. The quantitative estimate of drug-likeness (QED) is 0.347. The van der Waals surface area contributed by atoms with E-state index in [1.807, 2.05) is 44.4 Å². The van der Waals surface area contributed by atoms with E-state index in [-0.39, 0.29) is 0 Å². The summed E-state index contributed by atoms with van der Waals surface area (Å²) in [5, 5.41) is 6.26. The Labute approximate surface area is 157 Å². The molecule has 4 nitrogen and oxygen atoms in total. The van der Waals surface area contributed by atoms with Gasteiger partial charge in [0.25, 0.3) is 0 Å². The van der Waals surface area contributed by atoms with Crippen molar-refractivity contribution in [2.45, 2.75) is 47.6 Å². The van der Waals surface area contributed by atoms with E-state index in [2.05, 4.69) is 48.7 Å². The summed E-state index contributed by atoms with van der Waals surface area (Å²) in [5.74, 6) is 1.15. The normalized spacial score (nSPS) is 13.4. The highest BCUT2D eigenvalue weighted by atomic mass is 32.1. The molecule has 0 bridgehead atoms. The lowest BCUT2D eigenvalue weighted by Gasteiger charge is -2.04. The molecule has 0 aliphatic rings. The van der Waals surface area contributed by atoms with Crippen molar-refractivity contribution in [1.82, 2.24) is 4.98 Å². The molecule has 5 heteroatoms. The highest BCUT2D eigenvalue weighted by Crippen LogP contribution is 2.18. The van der Waals surface area contributed by atoms with E-state index in [4.69, 9.17) is 4.74 Å². The van der Waals surface area contributed by atoms with E-state index in [1.165, 1.54) is 0 Å². The van der Waals surface area contributed by atoms with Gasteiger partial charge in [-0.05, 0) is 38.8 Å². The Morgan fingerprint density at radius 1 is 1.40 bits per heavy atom. The fourth-order valence-corrected chi connectivity index (χ4v) is 2.45. The number of aromatic nitrogens is 1. The molecule has 1 rings (SSSR count). The number of rotatable bonds is 9. The maximum absolute atomic E-state index is 5.14. The monoisotopic (exact) mass is 363 g/mol. The van der Waals surface area contributed by atoms with Crippen LogP contribution in [0, 0.1) is 5.92 Å². The zero-order valence-corrected chi connectivity index (χ0v) is 17.5. The van der Waals surface area contributed by atoms with E-state index >= 15 is 0 Å². The molecule has 1 unspecified atom stereocenters. The molecule has 1 heterocycles. The predicted molar refractivity (Wildman–Crippen MR) is 113 cm³/mol. The minimum absolute atomic E-state index is 0.295. The number of thiazole rings is 1. The molecule has 25 heavy (non-hydrogen) atoms. The van der Waals surface area contributed by atoms with Gasteiger partial charge in [-0.2, -0.15) is 0 Å². The van der Waals surface area contributed by atoms with Crippen molar-refractivity contribution in [3.8, 4) is 0 Å². The van der Waals surface area contributed by atoms with Gasteiger partial charge < -0.3 is 10.1 Å². The van der Waals surface area contributed by atoms with Crippen LogP contribution >= 0.6 is 11.3 Å². The molecule has 0 aliphatic heterocycles. The number of ether oxygens (including phenoxy) is 1. The first-order chi connectivity index (χ1) is 12.0. The second kappa shape index (κ2) is 13.4. The van der Waals surface area contributed by atoms with E-state index in [0.717, 1.165) is 22.3 Å². The number of nitrogens with zero attached hydrogens (tertiary/aromatic N) is 2. The van der Waals surface area contributed by atoms with Crippen LogP contribution in [0.15, 0.2) is 47.0 Å². The molecule has 0 saturated heterocycles. The lowest BCUT2D eigenvalue weighted by atomic mass is 10.1. The number of hydrogen-bond donors (Lipinski definition) is 1. The van der Waals surface area contributed by atoms with Crippen LogP contribution in [0.2, 0.25) is 0 Å². The lowest BCUT2D eigenvalue weighted by molar-refractivity contribution is 0.292. The number of nitrogens with one attached hydrogen (secondary N) is 1. The third kappa shape index (κ3) is 9.87. The maximum atomic E-state index is 5.14. The smallest absolute Gasteiger partial charge is 0.183 e. The van der Waals surface area contributed by atoms with Crippen molar-refractivity contribution in [1.29, 1.82) is 0 Å². The zero-order valence-electron chi connectivity index (χ0n) is 16.7. The molecule has 1 N–H and O–H groups in total. The Kier molecular flexibility index (Phi) is 12.4. The number of methoxy groups -OCH3 is 1. The van der Waals surface area contributed by atoms with Crippen molar-refractivity contribution in [3.63, 3.8) is 0 Å². The molecular weight excluding hydrogens is 330 g/mol. The molecule has 0 aromatic carbocycles. The summed E-state index contributed by atoms with van der Waals surface area (Å²) in [4.78, 5) is 9.26. The predicted octanol–water partition coefficient (Wildman–Crippen LogP) is 5.71. The number of allylic oxidation sites excluding steroid dienone is 4. The van der Waals surface area contributed by atoms with Gasteiger partial charge in [-0.15, -0.1) is 17.9 Å². The van der Waals surface area contributed by atoms with Crippen molar-refractivity contribution in [2.75, 3.05) is 19.0 Å². The Balaban J connectivity index is 0.00000277. The van der Waals surface area contributed by atoms with Crippen LogP contribution in [0.4, 0.5) is 5.13 Å². The maximum Gasteiger partial charge on any atom is 0.183 e. The van der Waals surface area contributed by atoms with E-state index < -0.39 is 0 Å². The van der Waals surface area contributed by atoms with Gasteiger partial charge in [0.1, 0.15) is 5.69 Å². The number of aliphatic imine (C=N–C) groups is 1. The Morgan fingerprint density at radius 3 is 2.64 bits per heavy atom. The third-order valence-corrected chi connectivity index (χ3v) is 3.84. The molecule has 1 atom stereocenters. The fourth-order valence-electron chi connectivity index (χ4n) is 1.60. The van der Waals surface area contributed by atoms with Gasteiger partial charge in [0.05, 0.1) is 25.1 Å². The first-order valence-electron chi connectivity index (χ1n) is 8.74. The van der Waals surface area contributed by atoms with E-state index in [0.29, 0.717) is 18.5 Å². The SMILES string of the molecule is C=CC(C)/C=C\C(=NC/C=C(\C)OC)c1csc(NC(C)C)n1.CC. The third-order valence-electron chi connectivity index (χ3n) is 3.07. The molecule has 0 spiro atoms. The van der Waals surface area contributed by atoms with Gasteiger partial charge in [0, 0.05) is 11.4 Å². The average Bonchev–Trinajstić information content (AvgIpc) is 3.06. The number of hydrogen-bond acceptors (Lipinski definition) is 5. The molecule has 0 fully saturated rings. The fraction of sp³-hybridized carbons (Fsp3) is 0.500. The average molecular weight is 364 g/mol. The Hall–Kier alpha value is -1.88. The minimum atomic E-state index is 0.295. The summed E-state index contributed by atoms with van der Waals surface area (Å²) in [6.07, 6.45) is 7.93.